The fraction of sp³-hybridized carbons (Fsp3) is 0.500. The normalized spacial score (nSPS) is 22.0. The zero-order chi connectivity index (χ0) is 26.0. The molecule has 0 radical (unpaired) electrons. The molecule has 3 heterocycles. The molecule has 3 fully saturated rings. The number of halogens is 3. The molecule has 2 aliphatic heterocycles. The van der Waals surface area contributed by atoms with Crippen molar-refractivity contribution >= 4 is 23.3 Å². The monoisotopic (exact) mass is 517 g/mol. The van der Waals surface area contributed by atoms with Gasteiger partial charge in [-0.15, -0.1) is 0 Å². The number of morpholine rings is 1. The van der Waals surface area contributed by atoms with Crippen molar-refractivity contribution in [3.63, 3.8) is 0 Å². The van der Waals surface area contributed by atoms with Crippen LogP contribution in [0.1, 0.15) is 36.9 Å². The van der Waals surface area contributed by atoms with Crippen LogP contribution in [0.5, 0.6) is 0 Å². The third kappa shape index (κ3) is 5.88. The average molecular weight is 518 g/mol. The van der Waals surface area contributed by atoms with Crippen molar-refractivity contribution in [1.29, 1.82) is 0 Å². The van der Waals surface area contributed by atoms with Gasteiger partial charge in [-0.05, 0) is 55.5 Å². The van der Waals surface area contributed by atoms with Crippen molar-refractivity contribution in [1.82, 2.24) is 15.2 Å². The summed E-state index contributed by atoms with van der Waals surface area (Å²) in [6.07, 6.45) is -0.122. The van der Waals surface area contributed by atoms with Crippen LogP contribution in [0.15, 0.2) is 42.6 Å². The first-order chi connectivity index (χ1) is 17.7. The number of hydrogen-bond acceptors (Lipinski definition) is 5. The van der Waals surface area contributed by atoms with Gasteiger partial charge in [0.15, 0.2) is 0 Å². The molecule has 2 saturated heterocycles. The molecule has 1 saturated carbocycles. The smallest absolute Gasteiger partial charge is 0.379 e. The van der Waals surface area contributed by atoms with E-state index >= 15 is 0 Å². The van der Waals surface area contributed by atoms with Crippen LogP contribution >= 0.6 is 0 Å². The first kappa shape index (κ1) is 25.5. The van der Waals surface area contributed by atoms with Gasteiger partial charge < -0.3 is 20.3 Å². The SMILES string of the molecule is O=C(Nc1ccc(C(F)(F)F)nc1)NC1CCCN(c2ccc(C3(CN4CCOCC4)CC3)cc2)C1=O. The fourth-order valence-electron chi connectivity index (χ4n) is 5.10. The maximum absolute atomic E-state index is 13.2. The van der Waals surface area contributed by atoms with E-state index in [9.17, 15) is 22.8 Å². The summed E-state index contributed by atoms with van der Waals surface area (Å²) in [4.78, 5) is 33.0. The van der Waals surface area contributed by atoms with Crippen LogP contribution in [0, 0.1) is 0 Å². The molecule has 1 aromatic carbocycles. The molecule has 11 heteroatoms. The Kier molecular flexibility index (Phi) is 7.09. The molecule has 3 amide bonds. The maximum Gasteiger partial charge on any atom is 0.433 e. The molecule has 2 aromatic rings. The average Bonchev–Trinajstić information content (AvgIpc) is 3.66. The Morgan fingerprint density at radius 1 is 1.08 bits per heavy atom. The largest absolute Gasteiger partial charge is 0.433 e. The van der Waals surface area contributed by atoms with Crippen LogP contribution < -0.4 is 15.5 Å². The molecule has 1 aromatic heterocycles. The second-order valence-corrected chi connectivity index (χ2v) is 9.93. The van der Waals surface area contributed by atoms with Gasteiger partial charge in [0.1, 0.15) is 11.7 Å². The van der Waals surface area contributed by atoms with E-state index in [1.807, 2.05) is 12.1 Å². The van der Waals surface area contributed by atoms with Crippen molar-refractivity contribution in [3.8, 4) is 0 Å². The first-order valence-corrected chi connectivity index (χ1v) is 12.6. The predicted octanol–water partition coefficient (Wildman–Crippen LogP) is 3.78. The van der Waals surface area contributed by atoms with Gasteiger partial charge in [0, 0.05) is 37.3 Å². The van der Waals surface area contributed by atoms with Crippen LogP contribution in [-0.4, -0.2) is 67.3 Å². The molecule has 8 nitrogen and oxygen atoms in total. The molecule has 0 bridgehead atoms. The highest BCUT2D eigenvalue weighted by atomic mass is 19.4. The van der Waals surface area contributed by atoms with Gasteiger partial charge in [-0.2, -0.15) is 13.2 Å². The fourth-order valence-corrected chi connectivity index (χ4v) is 5.10. The number of rotatable bonds is 6. The summed E-state index contributed by atoms with van der Waals surface area (Å²) in [5, 5.41) is 5.09. The van der Waals surface area contributed by atoms with Crippen molar-refractivity contribution in [2.24, 2.45) is 0 Å². The topological polar surface area (TPSA) is 86.8 Å². The van der Waals surface area contributed by atoms with Gasteiger partial charge in [-0.1, -0.05) is 12.1 Å². The lowest BCUT2D eigenvalue weighted by Crippen LogP contribution is -2.53. The molecule has 1 aliphatic carbocycles. The van der Waals surface area contributed by atoms with E-state index in [2.05, 4.69) is 32.7 Å². The van der Waals surface area contributed by atoms with E-state index in [-0.39, 0.29) is 17.0 Å². The molecule has 1 unspecified atom stereocenters. The number of nitrogens with zero attached hydrogens (tertiary/aromatic N) is 3. The van der Waals surface area contributed by atoms with E-state index in [0.717, 1.165) is 69.7 Å². The van der Waals surface area contributed by atoms with Crippen LogP contribution in [0.2, 0.25) is 0 Å². The van der Waals surface area contributed by atoms with Crippen LogP contribution in [0.25, 0.3) is 0 Å². The Morgan fingerprint density at radius 2 is 1.81 bits per heavy atom. The minimum Gasteiger partial charge on any atom is -0.379 e. The lowest BCUT2D eigenvalue weighted by molar-refractivity contribution is -0.141. The maximum atomic E-state index is 13.2. The number of ether oxygens (including phenoxy) is 1. The molecule has 37 heavy (non-hydrogen) atoms. The summed E-state index contributed by atoms with van der Waals surface area (Å²) in [6, 6.07) is 8.68. The Bertz CT molecular complexity index is 1110. The second kappa shape index (κ2) is 10.3. The number of amides is 3. The summed E-state index contributed by atoms with van der Waals surface area (Å²) >= 11 is 0. The van der Waals surface area contributed by atoms with Crippen molar-refractivity contribution in [3.05, 3.63) is 53.9 Å². The minimum absolute atomic E-state index is 0.104. The number of benzene rings is 1. The van der Waals surface area contributed by atoms with Crippen molar-refractivity contribution in [2.75, 3.05) is 49.6 Å². The van der Waals surface area contributed by atoms with E-state index < -0.39 is 23.9 Å². The lowest BCUT2D eigenvalue weighted by Gasteiger charge is -2.33. The molecule has 198 valence electrons. The molecule has 3 aliphatic rings. The number of carbonyl (C=O) groups excluding carboxylic acids is 2. The zero-order valence-corrected chi connectivity index (χ0v) is 20.4. The highest BCUT2D eigenvalue weighted by Crippen LogP contribution is 2.49. The Balaban J connectivity index is 1.18. The molecule has 5 rings (SSSR count). The van der Waals surface area contributed by atoms with Crippen LogP contribution in [0.3, 0.4) is 0 Å². The van der Waals surface area contributed by atoms with E-state index in [1.54, 1.807) is 4.90 Å². The van der Waals surface area contributed by atoms with E-state index in [4.69, 9.17) is 4.74 Å². The summed E-state index contributed by atoms with van der Waals surface area (Å²) in [7, 11) is 0. The Labute approximate surface area is 213 Å². The van der Waals surface area contributed by atoms with Gasteiger partial charge in [-0.25, -0.2) is 9.78 Å². The number of alkyl halides is 3. The van der Waals surface area contributed by atoms with Crippen molar-refractivity contribution < 1.29 is 27.5 Å². The number of urea groups is 1. The van der Waals surface area contributed by atoms with Gasteiger partial charge in [0.25, 0.3) is 0 Å². The first-order valence-electron chi connectivity index (χ1n) is 12.6. The van der Waals surface area contributed by atoms with Crippen molar-refractivity contribution in [2.45, 2.75) is 43.3 Å². The van der Waals surface area contributed by atoms with Crippen LogP contribution in [-0.2, 0) is 21.1 Å². The Morgan fingerprint density at radius 3 is 2.43 bits per heavy atom. The highest BCUT2D eigenvalue weighted by molar-refractivity contribution is 6.01. The number of anilines is 2. The summed E-state index contributed by atoms with van der Waals surface area (Å²) in [6.45, 7) is 5.05. The molecule has 2 N–H and O–H groups in total. The second-order valence-electron chi connectivity index (χ2n) is 9.93. The third-order valence-corrected chi connectivity index (χ3v) is 7.33. The molecular weight excluding hydrogens is 487 g/mol. The number of nitrogens with one attached hydrogen (secondary N) is 2. The summed E-state index contributed by atoms with van der Waals surface area (Å²) in [5.41, 5.74) is 1.31. The molecule has 0 spiro atoms. The number of aromatic nitrogens is 1. The third-order valence-electron chi connectivity index (χ3n) is 7.33. The highest BCUT2D eigenvalue weighted by Gasteiger charge is 2.45. The number of piperidine rings is 1. The van der Waals surface area contributed by atoms with Gasteiger partial charge >= 0.3 is 12.2 Å². The summed E-state index contributed by atoms with van der Waals surface area (Å²) in [5.74, 6) is -0.214. The minimum atomic E-state index is -4.56. The quantitative estimate of drug-likeness (QED) is 0.609. The molecular formula is C26H30F3N5O3. The Hall–Kier alpha value is -3.18. The number of carbonyl (C=O) groups is 2. The number of hydrogen-bond donors (Lipinski definition) is 2. The van der Waals surface area contributed by atoms with Gasteiger partial charge in [-0.3, -0.25) is 9.69 Å². The molecule has 1 atom stereocenters. The van der Waals surface area contributed by atoms with E-state index in [0.29, 0.717) is 19.4 Å². The van der Waals surface area contributed by atoms with Gasteiger partial charge in [0.05, 0.1) is 25.1 Å². The lowest BCUT2D eigenvalue weighted by atomic mass is 9.94. The standard InChI is InChI=1S/C26H30F3N5O3/c27-26(28,29)22-8-5-19(16-30-22)31-24(36)32-21-2-1-11-34(23(21)35)20-6-3-18(4-7-20)25(9-10-25)17-33-12-14-37-15-13-33/h3-8,16,21H,1-2,9-15,17H2,(H2,31,32,36). The predicted molar refractivity (Wildman–Crippen MR) is 131 cm³/mol. The van der Waals surface area contributed by atoms with E-state index in [1.165, 1.54) is 5.56 Å². The number of pyridine rings is 1. The zero-order valence-electron chi connectivity index (χ0n) is 20.4. The summed E-state index contributed by atoms with van der Waals surface area (Å²) < 4.78 is 43.5. The van der Waals surface area contributed by atoms with Gasteiger partial charge in [0.2, 0.25) is 5.91 Å². The van der Waals surface area contributed by atoms with Crippen LogP contribution in [0.4, 0.5) is 29.3 Å².